The van der Waals surface area contributed by atoms with E-state index < -0.39 is 18.0 Å². The summed E-state index contributed by atoms with van der Waals surface area (Å²) in [4.78, 5) is 37.7. The average Bonchev–Trinajstić information content (AvgIpc) is 2.89. The number of hydrogen-bond donors (Lipinski definition) is 1. The predicted molar refractivity (Wildman–Crippen MR) is 138 cm³/mol. The van der Waals surface area contributed by atoms with Gasteiger partial charge in [0.25, 0.3) is 5.91 Å². The van der Waals surface area contributed by atoms with Crippen LogP contribution in [0.4, 0.5) is 5.82 Å². The van der Waals surface area contributed by atoms with E-state index in [-0.39, 0.29) is 0 Å². The summed E-state index contributed by atoms with van der Waals surface area (Å²) in [6.07, 6.45) is 1.35. The van der Waals surface area contributed by atoms with Crippen molar-refractivity contribution in [3.63, 3.8) is 0 Å². The van der Waals surface area contributed by atoms with Crippen LogP contribution in [-0.2, 0) is 29.0 Å². The van der Waals surface area contributed by atoms with Gasteiger partial charge in [-0.15, -0.1) is 0 Å². The highest BCUT2D eigenvalue weighted by atomic mass is 16.5. The number of para-hydroxylation sites is 1. The molecule has 0 radical (unpaired) electrons. The van der Waals surface area contributed by atoms with Crippen LogP contribution < -0.4 is 5.32 Å². The van der Waals surface area contributed by atoms with Crippen LogP contribution in [0.25, 0.3) is 10.9 Å². The molecule has 7 nitrogen and oxygen atoms in total. The Morgan fingerprint density at radius 2 is 1.83 bits per heavy atom. The number of benzene rings is 2. The second kappa shape index (κ2) is 10.3. The maximum Gasteiger partial charge on any atom is 0.339 e. The Morgan fingerprint density at radius 3 is 2.64 bits per heavy atom. The number of fused-ring (bicyclic) bond motifs is 2. The quantitative estimate of drug-likeness (QED) is 0.404. The van der Waals surface area contributed by atoms with Crippen molar-refractivity contribution in [1.29, 1.82) is 0 Å². The largest absolute Gasteiger partial charge is 0.449 e. The van der Waals surface area contributed by atoms with E-state index in [4.69, 9.17) is 9.72 Å². The summed E-state index contributed by atoms with van der Waals surface area (Å²) in [6.45, 7) is 5.65. The van der Waals surface area contributed by atoms with Gasteiger partial charge in [-0.2, -0.15) is 0 Å². The summed E-state index contributed by atoms with van der Waals surface area (Å²) >= 11 is 0. The third kappa shape index (κ3) is 4.97. The normalized spacial score (nSPS) is 14.2. The number of esters is 1. The lowest BCUT2D eigenvalue weighted by Gasteiger charge is -2.30. The van der Waals surface area contributed by atoms with Crippen LogP contribution in [0.3, 0.4) is 0 Å². The summed E-state index contributed by atoms with van der Waals surface area (Å²) in [5.41, 5.74) is 5.06. The van der Waals surface area contributed by atoms with E-state index >= 15 is 0 Å². The molecule has 4 aromatic rings. The Balaban J connectivity index is 1.42. The number of anilines is 1. The molecule has 5 rings (SSSR count). The second-order valence-corrected chi connectivity index (χ2v) is 9.08. The van der Waals surface area contributed by atoms with Gasteiger partial charge in [-0.3, -0.25) is 14.7 Å². The molecule has 1 aliphatic rings. The van der Waals surface area contributed by atoms with Crippen LogP contribution in [0.15, 0.2) is 72.9 Å². The Labute approximate surface area is 210 Å². The molecular formula is C29H28N4O3. The molecule has 0 saturated heterocycles. The molecule has 182 valence electrons. The van der Waals surface area contributed by atoms with Crippen molar-refractivity contribution in [2.45, 2.75) is 39.5 Å². The Morgan fingerprint density at radius 1 is 1.06 bits per heavy atom. The van der Waals surface area contributed by atoms with Crippen LogP contribution in [0, 0.1) is 6.92 Å². The summed E-state index contributed by atoms with van der Waals surface area (Å²) in [7, 11) is 0. The van der Waals surface area contributed by atoms with Gasteiger partial charge in [0.05, 0.1) is 11.1 Å². The van der Waals surface area contributed by atoms with Crippen LogP contribution in [0.5, 0.6) is 0 Å². The number of pyridine rings is 2. The molecule has 1 aliphatic heterocycles. The molecular weight excluding hydrogens is 452 g/mol. The number of ether oxygens (including phenoxy) is 1. The third-order valence-corrected chi connectivity index (χ3v) is 6.48. The number of carbonyl (C=O) groups is 2. The molecule has 2 aromatic carbocycles. The van der Waals surface area contributed by atoms with Crippen LogP contribution in [0.1, 0.15) is 39.7 Å². The van der Waals surface area contributed by atoms with Crippen molar-refractivity contribution in [2.24, 2.45) is 0 Å². The first-order valence-corrected chi connectivity index (χ1v) is 12.1. The zero-order chi connectivity index (χ0) is 25.1. The molecule has 1 atom stereocenters. The van der Waals surface area contributed by atoms with Crippen molar-refractivity contribution < 1.29 is 14.3 Å². The van der Waals surface area contributed by atoms with E-state index in [1.54, 1.807) is 19.2 Å². The minimum atomic E-state index is -0.995. The minimum absolute atomic E-state index is 0.428. The second-order valence-electron chi connectivity index (χ2n) is 9.08. The van der Waals surface area contributed by atoms with Crippen molar-refractivity contribution in [1.82, 2.24) is 14.9 Å². The number of amides is 1. The Bertz CT molecular complexity index is 1420. The molecule has 1 N–H and O–H groups in total. The lowest BCUT2D eigenvalue weighted by Crippen LogP contribution is -2.34. The SMILES string of the molecule is Cc1cccnc1NC(=O)C(C)OC(=O)c1c2c(nc3ccccc13)CCN(Cc1ccccc1)C2. The lowest BCUT2D eigenvalue weighted by atomic mass is 9.95. The topological polar surface area (TPSA) is 84.4 Å². The van der Waals surface area contributed by atoms with E-state index in [2.05, 4.69) is 27.3 Å². The summed E-state index contributed by atoms with van der Waals surface area (Å²) in [5.74, 6) is -0.497. The summed E-state index contributed by atoms with van der Waals surface area (Å²) in [6, 6.07) is 21.5. The van der Waals surface area contributed by atoms with Crippen LogP contribution in [-0.4, -0.2) is 39.4 Å². The zero-order valence-corrected chi connectivity index (χ0v) is 20.4. The monoisotopic (exact) mass is 480 g/mol. The van der Waals surface area contributed by atoms with Gasteiger partial charge in [-0.25, -0.2) is 9.78 Å². The molecule has 3 heterocycles. The number of carbonyl (C=O) groups excluding carboxylic acids is 2. The molecule has 1 amide bonds. The van der Waals surface area contributed by atoms with Crippen molar-refractivity contribution in [2.75, 3.05) is 11.9 Å². The maximum absolute atomic E-state index is 13.6. The average molecular weight is 481 g/mol. The number of hydrogen-bond acceptors (Lipinski definition) is 6. The molecule has 1 unspecified atom stereocenters. The molecule has 0 aliphatic carbocycles. The highest BCUT2D eigenvalue weighted by Crippen LogP contribution is 2.30. The molecule has 0 saturated carbocycles. The van der Waals surface area contributed by atoms with Gasteiger partial charge in [-0.1, -0.05) is 54.6 Å². The fraction of sp³-hybridized carbons (Fsp3) is 0.241. The molecule has 36 heavy (non-hydrogen) atoms. The number of nitrogens with zero attached hydrogens (tertiary/aromatic N) is 3. The summed E-state index contributed by atoms with van der Waals surface area (Å²) < 4.78 is 5.71. The van der Waals surface area contributed by atoms with Gasteiger partial charge in [0.2, 0.25) is 0 Å². The van der Waals surface area contributed by atoms with Gasteiger partial charge in [0.15, 0.2) is 6.10 Å². The van der Waals surface area contributed by atoms with Gasteiger partial charge < -0.3 is 10.1 Å². The van der Waals surface area contributed by atoms with Crippen molar-refractivity contribution >= 4 is 28.6 Å². The van der Waals surface area contributed by atoms with E-state index in [9.17, 15) is 9.59 Å². The zero-order valence-electron chi connectivity index (χ0n) is 20.4. The predicted octanol–water partition coefficient (Wildman–Crippen LogP) is 4.68. The maximum atomic E-state index is 13.6. The van der Waals surface area contributed by atoms with Crippen LogP contribution >= 0.6 is 0 Å². The number of rotatable bonds is 6. The highest BCUT2D eigenvalue weighted by Gasteiger charge is 2.29. The number of aromatic nitrogens is 2. The van der Waals surface area contributed by atoms with E-state index in [0.717, 1.165) is 47.2 Å². The lowest BCUT2D eigenvalue weighted by molar-refractivity contribution is -0.123. The third-order valence-electron chi connectivity index (χ3n) is 6.48. The Hall–Kier alpha value is -4.10. The smallest absolute Gasteiger partial charge is 0.339 e. The van der Waals surface area contributed by atoms with E-state index in [1.165, 1.54) is 5.56 Å². The molecule has 7 heteroatoms. The minimum Gasteiger partial charge on any atom is -0.449 e. The Kier molecular flexibility index (Phi) is 6.73. The number of nitrogens with one attached hydrogen (secondary N) is 1. The highest BCUT2D eigenvalue weighted by molar-refractivity contribution is 6.06. The molecule has 0 bridgehead atoms. The van der Waals surface area contributed by atoms with Gasteiger partial charge >= 0.3 is 5.97 Å². The van der Waals surface area contributed by atoms with E-state index in [1.807, 2.05) is 55.5 Å². The van der Waals surface area contributed by atoms with Crippen molar-refractivity contribution in [3.05, 3.63) is 101 Å². The standard InChI is InChI=1S/C29H28N4O3/c1-19-9-8-15-30-27(19)32-28(34)20(2)36-29(35)26-22-12-6-7-13-24(22)31-25-14-16-33(18-23(25)26)17-21-10-4-3-5-11-21/h3-13,15,20H,14,16-18H2,1-2H3,(H,30,32,34). The van der Waals surface area contributed by atoms with Gasteiger partial charge in [0.1, 0.15) is 5.82 Å². The fourth-order valence-electron chi connectivity index (χ4n) is 4.56. The fourth-order valence-corrected chi connectivity index (χ4v) is 4.56. The van der Waals surface area contributed by atoms with Gasteiger partial charge in [-0.05, 0) is 37.1 Å². The molecule has 0 fully saturated rings. The molecule has 2 aromatic heterocycles. The van der Waals surface area contributed by atoms with E-state index in [0.29, 0.717) is 17.9 Å². The first-order valence-electron chi connectivity index (χ1n) is 12.1. The first-order chi connectivity index (χ1) is 17.5. The summed E-state index contributed by atoms with van der Waals surface area (Å²) in [5, 5.41) is 3.49. The van der Waals surface area contributed by atoms with Gasteiger partial charge in [0, 0.05) is 48.9 Å². The number of aryl methyl sites for hydroxylation is 1. The first kappa shape index (κ1) is 23.6. The van der Waals surface area contributed by atoms with Crippen LogP contribution in [0.2, 0.25) is 0 Å². The van der Waals surface area contributed by atoms with Crippen molar-refractivity contribution in [3.8, 4) is 0 Å². The molecule has 0 spiro atoms.